The molecule has 2 aromatic carbocycles. The number of anilines is 1. The van der Waals surface area contributed by atoms with Crippen molar-refractivity contribution in [3.05, 3.63) is 52.5 Å². The Morgan fingerprint density at radius 2 is 1.67 bits per heavy atom. The van der Waals surface area contributed by atoms with Crippen LogP contribution in [0.3, 0.4) is 0 Å². The van der Waals surface area contributed by atoms with E-state index in [1.165, 1.54) is 0 Å². The predicted octanol–water partition coefficient (Wildman–Crippen LogP) is 3.41. The fourth-order valence-electron chi connectivity index (χ4n) is 2.13. The van der Waals surface area contributed by atoms with E-state index in [-0.39, 0.29) is 0 Å². The summed E-state index contributed by atoms with van der Waals surface area (Å²) in [6, 6.07) is 11.2. The van der Waals surface area contributed by atoms with Crippen molar-refractivity contribution in [2.45, 2.75) is 13.2 Å². The SMILES string of the molecule is Nc1cc2c(cc1COCc1ccc(Cl)cc1)OCCO2. The number of nitrogen functional groups attached to an aromatic ring is 1. The molecule has 4 nitrogen and oxygen atoms in total. The van der Waals surface area contributed by atoms with E-state index < -0.39 is 0 Å². The van der Waals surface area contributed by atoms with E-state index in [9.17, 15) is 0 Å². The Labute approximate surface area is 128 Å². The van der Waals surface area contributed by atoms with Gasteiger partial charge in [0, 0.05) is 22.3 Å². The van der Waals surface area contributed by atoms with Gasteiger partial charge in [0.05, 0.1) is 13.2 Å². The van der Waals surface area contributed by atoms with E-state index in [1.54, 1.807) is 6.07 Å². The van der Waals surface area contributed by atoms with Crippen molar-refractivity contribution < 1.29 is 14.2 Å². The van der Waals surface area contributed by atoms with Gasteiger partial charge in [-0.05, 0) is 23.8 Å². The number of hydrogen-bond donors (Lipinski definition) is 1. The van der Waals surface area contributed by atoms with Crippen LogP contribution in [0, 0.1) is 0 Å². The minimum Gasteiger partial charge on any atom is -0.486 e. The van der Waals surface area contributed by atoms with Gasteiger partial charge in [0.1, 0.15) is 13.2 Å². The smallest absolute Gasteiger partial charge is 0.163 e. The van der Waals surface area contributed by atoms with Crippen molar-refractivity contribution in [3.8, 4) is 11.5 Å². The molecule has 0 spiro atoms. The number of rotatable bonds is 4. The van der Waals surface area contributed by atoms with Gasteiger partial charge < -0.3 is 19.9 Å². The molecule has 0 amide bonds. The molecule has 0 aliphatic carbocycles. The summed E-state index contributed by atoms with van der Waals surface area (Å²) in [5, 5.41) is 0.717. The molecule has 3 rings (SSSR count). The molecule has 2 aromatic rings. The summed E-state index contributed by atoms with van der Waals surface area (Å²) in [5.74, 6) is 1.42. The third-order valence-electron chi connectivity index (χ3n) is 3.24. The number of hydrogen-bond acceptors (Lipinski definition) is 4. The molecule has 1 aliphatic heterocycles. The van der Waals surface area contributed by atoms with Crippen molar-refractivity contribution in [2.24, 2.45) is 0 Å². The maximum atomic E-state index is 6.01. The summed E-state index contributed by atoms with van der Waals surface area (Å²) in [6.07, 6.45) is 0. The lowest BCUT2D eigenvalue weighted by Gasteiger charge is -2.20. The molecule has 0 atom stereocenters. The molecule has 5 heteroatoms. The normalized spacial score (nSPS) is 13.2. The second-order valence-electron chi connectivity index (χ2n) is 4.81. The zero-order valence-corrected chi connectivity index (χ0v) is 12.2. The molecule has 1 aliphatic rings. The molecule has 0 fully saturated rings. The fourth-order valence-corrected chi connectivity index (χ4v) is 2.26. The first-order chi connectivity index (χ1) is 10.2. The second kappa shape index (κ2) is 6.24. The highest BCUT2D eigenvalue weighted by Crippen LogP contribution is 2.34. The Morgan fingerprint density at radius 1 is 1.00 bits per heavy atom. The Bertz CT molecular complexity index is 628. The summed E-state index contributed by atoms with van der Waals surface area (Å²) in [6.45, 7) is 2.04. The largest absolute Gasteiger partial charge is 0.486 e. The lowest BCUT2D eigenvalue weighted by atomic mass is 10.1. The molecule has 0 saturated heterocycles. The number of nitrogens with two attached hydrogens (primary N) is 1. The minimum absolute atomic E-state index is 0.422. The minimum atomic E-state index is 0.422. The van der Waals surface area contributed by atoms with Crippen molar-refractivity contribution in [3.63, 3.8) is 0 Å². The summed E-state index contributed by atoms with van der Waals surface area (Å²) in [4.78, 5) is 0. The van der Waals surface area contributed by atoms with Crippen LogP contribution in [0.2, 0.25) is 5.02 Å². The van der Waals surface area contributed by atoms with Crippen LogP contribution in [-0.2, 0) is 18.0 Å². The topological polar surface area (TPSA) is 53.7 Å². The third-order valence-corrected chi connectivity index (χ3v) is 3.50. The average molecular weight is 306 g/mol. The first-order valence-corrected chi connectivity index (χ1v) is 7.10. The summed E-state index contributed by atoms with van der Waals surface area (Å²) in [5.41, 5.74) is 8.62. The van der Waals surface area contributed by atoms with Gasteiger partial charge in [-0.25, -0.2) is 0 Å². The molecule has 0 unspecified atom stereocenters. The van der Waals surface area contributed by atoms with Crippen LogP contribution >= 0.6 is 11.6 Å². The molecule has 21 heavy (non-hydrogen) atoms. The van der Waals surface area contributed by atoms with Crippen molar-refractivity contribution in [1.29, 1.82) is 0 Å². The quantitative estimate of drug-likeness (QED) is 0.880. The Morgan fingerprint density at radius 3 is 2.38 bits per heavy atom. The number of fused-ring (bicyclic) bond motifs is 1. The van der Waals surface area contributed by atoms with Gasteiger partial charge in [0.2, 0.25) is 0 Å². The van der Waals surface area contributed by atoms with E-state index in [4.69, 9.17) is 31.5 Å². The molecule has 2 N–H and O–H groups in total. The van der Waals surface area contributed by atoms with Gasteiger partial charge in [0.15, 0.2) is 11.5 Å². The first kappa shape index (κ1) is 14.0. The monoisotopic (exact) mass is 305 g/mol. The average Bonchev–Trinajstić information content (AvgIpc) is 2.50. The summed E-state index contributed by atoms with van der Waals surface area (Å²) in [7, 11) is 0. The van der Waals surface area contributed by atoms with Crippen molar-refractivity contribution >= 4 is 17.3 Å². The van der Waals surface area contributed by atoms with Crippen LogP contribution in [0.5, 0.6) is 11.5 Å². The van der Waals surface area contributed by atoms with Crippen LogP contribution < -0.4 is 15.2 Å². The molecule has 1 heterocycles. The van der Waals surface area contributed by atoms with Crippen LogP contribution in [0.4, 0.5) is 5.69 Å². The molecule has 0 aromatic heterocycles. The lowest BCUT2D eigenvalue weighted by Crippen LogP contribution is -2.16. The number of halogens is 1. The van der Waals surface area contributed by atoms with Gasteiger partial charge in [-0.3, -0.25) is 0 Å². The third kappa shape index (κ3) is 3.40. The predicted molar refractivity (Wildman–Crippen MR) is 81.8 cm³/mol. The Kier molecular flexibility index (Phi) is 4.18. The van der Waals surface area contributed by atoms with Crippen LogP contribution in [0.15, 0.2) is 36.4 Å². The zero-order chi connectivity index (χ0) is 14.7. The molecule has 110 valence electrons. The van der Waals surface area contributed by atoms with Crippen LogP contribution in [0.1, 0.15) is 11.1 Å². The Hall–Kier alpha value is -1.91. The van der Waals surface area contributed by atoms with Gasteiger partial charge in [-0.15, -0.1) is 0 Å². The molecular formula is C16H16ClNO3. The van der Waals surface area contributed by atoms with E-state index in [0.717, 1.165) is 21.9 Å². The summed E-state index contributed by atoms with van der Waals surface area (Å²) < 4.78 is 16.7. The lowest BCUT2D eigenvalue weighted by molar-refractivity contribution is 0.107. The van der Waals surface area contributed by atoms with Crippen LogP contribution in [-0.4, -0.2) is 13.2 Å². The summed E-state index contributed by atoms with van der Waals surface area (Å²) >= 11 is 5.85. The number of benzene rings is 2. The molecule has 0 saturated carbocycles. The van der Waals surface area contributed by atoms with Gasteiger partial charge in [-0.2, -0.15) is 0 Å². The maximum Gasteiger partial charge on any atom is 0.163 e. The van der Waals surface area contributed by atoms with E-state index in [1.807, 2.05) is 30.3 Å². The highest BCUT2D eigenvalue weighted by molar-refractivity contribution is 6.30. The standard InChI is InChI=1S/C16H16ClNO3/c17-13-3-1-11(2-4-13)9-19-10-12-7-15-16(8-14(12)18)21-6-5-20-15/h1-4,7-8H,5-6,9-10,18H2. The Balaban J connectivity index is 1.63. The van der Waals surface area contributed by atoms with E-state index >= 15 is 0 Å². The van der Waals surface area contributed by atoms with Crippen molar-refractivity contribution in [2.75, 3.05) is 18.9 Å². The first-order valence-electron chi connectivity index (χ1n) is 6.72. The zero-order valence-electron chi connectivity index (χ0n) is 11.5. The van der Waals surface area contributed by atoms with Crippen molar-refractivity contribution in [1.82, 2.24) is 0 Å². The van der Waals surface area contributed by atoms with Gasteiger partial charge in [-0.1, -0.05) is 23.7 Å². The molecule has 0 radical (unpaired) electrons. The fraction of sp³-hybridized carbons (Fsp3) is 0.250. The molecule has 0 bridgehead atoms. The highest BCUT2D eigenvalue weighted by atomic mass is 35.5. The van der Waals surface area contributed by atoms with Gasteiger partial charge >= 0.3 is 0 Å². The second-order valence-corrected chi connectivity index (χ2v) is 5.25. The number of ether oxygens (including phenoxy) is 3. The molecular weight excluding hydrogens is 290 g/mol. The van der Waals surface area contributed by atoms with Crippen LogP contribution in [0.25, 0.3) is 0 Å². The highest BCUT2D eigenvalue weighted by Gasteiger charge is 2.14. The maximum absolute atomic E-state index is 6.01. The van der Waals surface area contributed by atoms with E-state index in [2.05, 4.69) is 0 Å². The van der Waals surface area contributed by atoms with Gasteiger partial charge in [0.25, 0.3) is 0 Å². The van der Waals surface area contributed by atoms with E-state index in [0.29, 0.717) is 37.9 Å².